The summed E-state index contributed by atoms with van der Waals surface area (Å²) < 4.78 is 12.2. The highest BCUT2D eigenvalue weighted by Crippen LogP contribution is 2.43. The van der Waals surface area contributed by atoms with Gasteiger partial charge in [0.1, 0.15) is 5.75 Å². The van der Waals surface area contributed by atoms with Crippen LogP contribution in [-0.2, 0) is 16.0 Å². The second-order valence-corrected chi connectivity index (χ2v) is 9.11. The summed E-state index contributed by atoms with van der Waals surface area (Å²) in [5, 5.41) is 12.2. The van der Waals surface area contributed by atoms with E-state index in [1.165, 1.54) is 0 Å². The average Bonchev–Trinajstić information content (AvgIpc) is 3.63. The SMILES string of the molecule is O=C(NC1CC1)[C@]1(Cc2ccccc2)N=C(c2ccc(OCCCO)cc2)O[C@@H]1c1ccccc1. The van der Waals surface area contributed by atoms with Crippen molar-refractivity contribution in [1.29, 1.82) is 0 Å². The van der Waals surface area contributed by atoms with Gasteiger partial charge in [-0.1, -0.05) is 60.7 Å². The number of aliphatic imine (C=N–C) groups is 1. The first-order valence-corrected chi connectivity index (χ1v) is 12.2. The van der Waals surface area contributed by atoms with E-state index in [4.69, 9.17) is 19.6 Å². The Morgan fingerprint density at radius 2 is 1.69 bits per heavy atom. The van der Waals surface area contributed by atoms with E-state index in [0.29, 0.717) is 31.1 Å². The van der Waals surface area contributed by atoms with Crippen molar-refractivity contribution < 1.29 is 19.4 Å². The smallest absolute Gasteiger partial charge is 0.252 e. The third-order valence-corrected chi connectivity index (χ3v) is 6.36. The van der Waals surface area contributed by atoms with Crippen LogP contribution in [0.15, 0.2) is 89.9 Å². The van der Waals surface area contributed by atoms with Crippen LogP contribution in [0.4, 0.5) is 0 Å². The van der Waals surface area contributed by atoms with Gasteiger partial charge in [-0.15, -0.1) is 0 Å². The second-order valence-electron chi connectivity index (χ2n) is 9.11. The average molecular weight is 471 g/mol. The number of aliphatic hydroxyl groups is 1. The van der Waals surface area contributed by atoms with Gasteiger partial charge in [0.05, 0.1) is 6.61 Å². The molecule has 0 spiro atoms. The van der Waals surface area contributed by atoms with E-state index in [2.05, 4.69) is 5.32 Å². The molecule has 3 aromatic carbocycles. The maximum atomic E-state index is 13.8. The molecular weight excluding hydrogens is 440 g/mol. The molecule has 180 valence electrons. The van der Waals surface area contributed by atoms with Crippen molar-refractivity contribution >= 4 is 11.8 Å². The molecule has 1 heterocycles. The predicted octanol–water partition coefficient (Wildman–Crippen LogP) is 4.23. The molecule has 6 nitrogen and oxygen atoms in total. The fourth-order valence-electron chi connectivity index (χ4n) is 4.36. The predicted molar refractivity (Wildman–Crippen MR) is 134 cm³/mol. The topological polar surface area (TPSA) is 80.2 Å². The van der Waals surface area contributed by atoms with Crippen LogP contribution < -0.4 is 10.1 Å². The number of ether oxygens (including phenoxy) is 2. The summed E-state index contributed by atoms with van der Waals surface area (Å²) in [6.45, 7) is 0.543. The van der Waals surface area contributed by atoms with Crippen LogP contribution in [0.2, 0.25) is 0 Å². The number of rotatable bonds is 10. The molecular formula is C29H30N2O4. The molecule has 2 atom stereocenters. The zero-order valence-electron chi connectivity index (χ0n) is 19.6. The molecule has 35 heavy (non-hydrogen) atoms. The van der Waals surface area contributed by atoms with E-state index in [1.807, 2.05) is 84.9 Å². The second kappa shape index (κ2) is 10.3. The number of carbonyl (C=O) groups is 1. The summed E-state index contributed by atoms with van der Waals surface area (Å²) in [5.41, 5.74) is 1.60. The maximum absolute atomic E-state index is 13.8. The number of hydrogen-bond donors (Lipinski definition) is 2. The Hall–Kier alpha value is -3.64. The molecule has 1 aliphatic carbocycles. The fraction of sp³-hybridized carbons (Fsp3) is 0.310. The summed E-state index contributed by atoms with van der Waals surface area (Å²) in [7, 11) is 0. The zero-order chi connectivity index (χ0) is 24.1. The number of hydrogen-bond acceptors (Lipinski definition) is 5. The molecule has 1 fully saturated rings. The van der Waals surface area contributed by atoms with Gasteiger partial charge in [0.2, 0.25) is 5.90 Å². The molecule has 5 rings (SSSR count). The quantitative estimate of drug-likeness (QED) is 0.435. The molecule has 1 aliphatic heterocycles. The highest BCUT2D eigenvalue weighted by atomic mass is 16.5. The van der Waals surface area contributed by atoms with Crippen molar-refractivity contribution in [3.05, 3.63) is 102 Å². The van der Waals surface area contributed by atoms with Crippen molar-refractivity contribution in [2.45, 2.75) is 43.4 Å². The normalized spacial score (nSPS) is 21.2. The third kappa shape index (κ3) is 5.23. The lowest BCUT2D eigenvalue weighted by Gasteiger charge is -2.31. The molecule has 3 aromatic rings. The Morgan fingerprint density at radius 1 is 1.00 bits per heavy atom. The first-order chi connectivity index (χ1) is 17.2. The Morgan fingerprint density at radius 3 is 2.34 bits per heavy atom. The van der Waals surface area contributed by atoms with E-state index in [0.717, 1.165) is 29.5 Å². The molecule has 1 amide bonds. The van der Waals surface area contributed by atoms with Crippen molar-refractivity contribution in [2.75, 3.05) is 13.2 Å². The summed E-state index contributed by atoms with van der Waals surface area (Å²) in [5.74, 6) is 1.06. The van der Waals surface area contributed by atoms with Crippen LogP contribution in [0.1, 0.15) is 42.1 Å². The standard InChI is InChI=1S/C29H30N2O4/c32-18-7-19-34-25-16-12-23(13-17-25)27-31-29(28(33)30-24-14-15-24,20-21-8-3-1-4-9-21)26(35-27)22-10-5-2-6-11-22/h1-6,8-13,16-17,24,26,32H,7,14-15,18-20H2,(H,30,33)/t26-,29-/m1/s1. The van der Waals surface area contributed by atoms with Crippen LogP contribution >= 0.6 is 0 Å². The minimum absolute atomic E-state index is 0.0933. The van der Waals surface area contributed by atoms with Gasteiger partial charge in [0.25, 0.3) is 5.91 Å². The van der Waals surface area contributed by atoms with Gasteiger partial charge in [-0.25, -0.2) is 4.99 Å². The summed E-state index contributed by atoms with van der Waals surface area (Å²) >= 11 is 0. The lowest BCUT2D eigenvalue weighted by molar-refractivity contribution is -0.129. The van der Waals surface area contributed by atoms with Gasteiger partial charge in [-0.3, -0.25) is 4.79 Å². The monoisotopic (exact) mass is 470 g/mol. The summed E-state index contributed by atoms with van der Waals surface area (Å²) in [6, 6.07) is 27.6. The molecule has 0 unspecified atom stereocenters. The van der Waals surface area contributed by atoms with E-state index in [-0.39, 0.29) is 18.6 Å². The molecule has 0 aromatic heterocycles. The highest BCUT2D eigenvalue weighted by molar-refractivity contribution is 6.01. The van der Waals surface area contributed by atoms with Gasteiger partial charge in [0, 0.05) is 31.1 Å². The van der Waals surface area contributed by atoms with E-state index in [9.17, 15) is 4.79 Å². The molecule has 6 heteroatoms. The Labute approximate surface area is 205 Å². The maximum Gasteiger partial charge on any atom is 0.252 e. The fourth-order valence-corrected chi connectivity index (χ4v) is 4.36. The van der Waals surface area contributed by atoms with Crippen LogP contribution in [0.3, 0.4) is 0 Å². The van der Waals surface area contributed by atoms with E-state index < -0.39 is 11.6 Å². The van der Waals surface area contributed by atoms with Crippen LogP contribution in [0, 0.1) is 0 Å². The number of benzene rings is 3. The largest absolute Gasteiger partial charge is 0.494 e. The summed E-state index contributed by atoms with van der Waals surface area (Å²) in [6.07, 6.45) is 2.45. The lowest BCUT2D eigenvalue weighted by Crippen LogP contribution is -2.50. The molecule has 2 N–H and O–H groups in total. The Bertz CT molecular complexity index is 1160. The molecule has 2 aliphatic rings. The Balaban J connectivity index is 1.52. The van der Waals surface area contributed by atoms with Crippen LogP contribution in [0.5, 0.6) is 5.75 Å². The van der Waals surface area contributed by atoms with Gasteiger partial charge < -0.3 is 19.9 Å². The van der Waals surface area contributed by atoms with Crippen molar-refractivity contribution in [1.82, 2.24) is 5.32 Å². The van der Waals surface area contributed by atoms with Crippen LogP contribution in [-0.4, -0.2) is 41.7 Å². The minimum atomic E-state index is -1.13. The molecule has 1 saturated carbocycles. The first kappa shape index (κ1) is 23.1. The van der Waals surface area contributed by atoms with Gasteiger partial charge in [0.15, 0.2) is 11.6 Å². The first-order valence-electron chi connectivity index (χ1n) is 12.2. The number of amides is 1. The van der Waals surface area contributed by atoms with Crippen LogP contribution in [0.25, 0.3) is 0 Å². The molecule has 0 radical (unpaired) electrons. The van der Waals surface area contributed by atoms with E-state index in [1.54, 1.807) is 0 Å². The number of nitrogens with zero attached hydrogens (tertiary/aromatic N) is 1. The van der Waals surface area contributed by atoms with Crippen molar-refractivity contribution in [2.24, 2.45) is 4.99 Å². The van der Waals surface area contributed by atoms with Crippen molar-refractivity contribution in [3.8, 4) is 5.75 Å². The minimum Gasteiger partial charge on any atom is -0.494 e. The summed E-state index contributed by atoms with van der Waals surface area (Å²) in [4.78, 5) is 18.9. The van der Waals surface area contributed by atoms with Gasteiger partial charge >= 0.3 is 0 Å². The van der Waals surface area contributed by atoms with E-state index >= 15 is 0 Å². The number of carbonyl (C=O) groups excluding carboxylic acids is 1. The number of nitrogens with one attached hydrogen (secondary N) is 1. The number of aliphatic hydroxyl groups excluding tert-OH is 1. The van der Waals surface area contributed by atoms with Crippen molar-refractivity contribution in [3.63, 3.8) is 0 Å². The highest BCUT2D eigenvalue weighted by Gasteiger charge is 2.54. The zero-order valence-corrected chi connectivity index (χ0v) is 19.6. The molecule has 0 saturated heterocycles. The third-order valence-electron chi connectivity index (χ3n) is 6.36. The van der Waals surface area contributed by atoms with Gasteiger partial charge in [-0.05, 0) is 48.2 Å². The van der Waals surface area contributed by atoms with Gasteiger partial charge in [-0.2, -0.15) is 0 Å². The molecule has 0 bridgehead atoms. The Kier molecular flexibility index (Phi) is 6.82. The lowest BCUT2D eigenvalue weighted by atomic mass is 9.82.